The van der Waals surface area contributed by atoms with E-state index < -0.39 is 0 Å². The Hall–Kier alpha value is -3.27. The quantitative estimate of drug-likeness (QED) is 0.737. The number of rotatable bonds is 4. The standard InChI is InChI=1S/C17H17N5O2/c1-12-15(14(8-18)17(24-12)22-6-4-5-7-22)16(23)20(2)10-13-9-19-21(3)11-13/h4-7,9,11H,10H2,1-3H3. The van der Waals surface area contributed by atoms with Crippen molar-refractivity contribution in [3.05, 3.63) is 59.4 Å². The normalized spacial score (nSPS) is 10.6. The topological polar surface area (TPSA) is 80.0 Å². The Bertz CT molecular complexity index is 912. The van der Waals surface area contributed by atoms with Gasteiger partial charge < -0.3 is 9.32 Å². The molecule has 0 unspecified atom stereocenters. The van der Waals surface area contributed by atoms with Gasteiger partial charge in [0.25, 0.3) is 5.91 Å². The maximum Gasteiger partial charge on any atom is 0.258 e. The van der Waals surface area contributed by atoms with Crippen LogP contribution in [-0.2, 0) is 13.6 Å². The van der Waals surface area contributed by atoms with Crippen molar-refractivity contribution < 1.29 is 9.21 Å². The highest BCUT2D eigenvalue weighted by Crippen LogP contribution is 2.26. The van der Waals surface area contributed by atoms with Crippen molar-refractivity contribution in [3.63, 3.8) is 0 Å². The highest BCUT2D eigenvalue weighted by molar-refractivity contribution is 5.98. The maximum atomic E-state index is 12.8. The summed E-state index contributed by atoms with van der Waals surface area (Å²) in [6.45, 7) is 2.10. The average molecular weight is 323 g/mol. The third kappa shape index (κ3) is 2.70. The second-order valence-electron chi connectivity index (χ2n) is 5.60. The van der Waals surface area contributed by atoms with Crippen LogP contribution in [0, 0.1) is 18.3 Å². The van der Waals surface area contributed by atoms with Crippen molar-refractivity contribution in [3.8, 4) is 12.0 Å². The number of amides is 1. The van der Waals surface area contributed by atoms with Gasteiger partial charge in [-0.15, -0.1) is 0 Å². The molecule has 3 aromatic rings. The summed E-state index contributed by atoms with van der Waals surface area (Å²) < 4.78 is 9.05. The molecule has 0 saturated carbocycles. The molecule has 3 rings (SSSR count). The molecule has 0 radical (unpaired) electrons. The van der Waals surface area contributed by atoms with Crippen LogP contribution in [0.5, 0.6) is 0 Å². The molecule has 3 aromatic heterocycles. The average Bonchev–Trinajstić information content (AvgIpc) is 3.26. The molecule has 0 aromatic carbocycles. The Balaban J connectivity index is 1.93. The van der Waals surface area contributed by atoms with Crippen molar-refractivity contribution >= 4 is 5.91 Å². The first kappa shape index (κ1) is 15.6. The zero-order valence-corrected chi connectivity index (χ0v) is 13.7. The number of nitrogens with zero attached hydrogens (tertiary/aromatic N) is 5. The number of aromatic nitrogens is 3. The molecule has 3 heterocycles. The molecule has 0 fully saturated rings. The van der Waals surface area contributed by atoms with Crippen LogP contribution in [0.1, 0.15) is 27.2 Å². The fraction of sp³-hybridized carbons (Fsp3) is 0.235. The van der Waals surface area contributed by atoms with E-state index in [1.165, 1.54) is 0 Å². The second kappa shape index (κ2) is 6.08. The molecule has 0 saturated heterocycles. The molecule has 0 aliphatic heterocycles. The molecule has 0 spiro atoms. The maximum absolute atomic E-state index is 12.8. The van der Waals surface area contributed by atoms with E-state index in [9.17, 15) is 10.1 Å². The molecule has 0 aliphatic carbocycles. The molecule has 0 bridgehead atoms. The predicted molar refractivity (Wildman–Crippen MR) is 86.5 cm³/mol. The van der Waals surface area contributed by atoms with Gasteiger partial charge in [0.1, 0.15) is 23.0 Å². The van der Waals surface area contributed by atoms with Crippen LogP contribution in [0.3, 0.4) is 0 Å². The summed E-state index contributed by atoms with van der Waals surface area (Å²) in [5.41, 5.74) is 1.46. The smallest absolute Gasteiger partial charge is 0.258 e. The van der Waals surface area contributed by atoms with E-state index in [4.69, 9.17) is 4.42 Å². The van der Waals surface area contributed by atoms with Crippen molar-refractivity contribution in [2.45, 2.75) is 13.5 Å². The van der Waals surface area contributed by atoms with Gasteiger partial charge in [-0.2, -0.15) is 10.4 Å². The van der Waals surface area contributed by atoms with E-state index >= 15 is 0 Å². The van der Waals surface area contributed by atoms with E-state index in [0.717, 1.165) is 5.56 Å². The minimum absolute atomic E-state index is 0.242. The SMILES string of the molecule is Cc1oc(-n2cccc2)c(C#N)c1C(=O)N(C)Cc1cnn(C)c1. The number of aryl methyl sites for hydroxylation is 2. The summed E-state index contributed by atoms with van der Waals surface area (Å²) >= 11 is 0. The van der Waals surface area contributed by atoms with Gasteiger partial charge in [0.05, 0.1) is 6.20 Å². The number of nitriles is 1. The van der Waals surface area contributed by atoms with Gasteiger partial charge in [-0.05, 0) is 19.1 Å². The highest BCUT2D eigenvalue weighted by atomic mass is 16.4. The molecule has 122 valence electrons. The first-order valence-corrected chi connectivity index (χ1v) is 7.41. The zero-order valence-electron chi connectivity index (χ0n) is 13.7. The van der Waals surface area contributed by atoms with Crippen LogP contribution in [0.4, 0.5) is 0 Å². The molecule has 7 heteroatoms. The summed E-state index contributed by atoms with van der Waals surface area (Å²) in [5.74, 6) is 0.534. The van der Waals surface area contributed by atoms with Gasteiger partial charge in [0, 0.05) is 44.8 Å². The third-order valence-corrected chi connectivity index (χ3v) is 3.76. The number of carbonyl (C=O) groups excluding carboxylic acids is 1. The number of hydrogen-bond acceptors (Lipinski definition) is 4. The van der Waals surface area contributed by atoms with Crippen molar-refractivity contribution in [2.75, 3.05) is 7.05 Å². The Morgan fingerprint density at radius 1 is 1.42 bits per heavy atom. The van der Waals surface area contributed by atoms with Crippen LogP contribution in [-0.4, -0.2) is 32.2 Å². The first-order chi connectivity index (χ1) is 11.5. The Kier molecular flexibility index (Phi) is 3.96. The van der Waals surface area contributed by atoms with Crippen LogP contribution in [0.15, 0.2) is 41.3 Å². The number of hydrogen-bond donors (Lipinski definition) is 0. The fourth-order valence-corrected chi connectivity index (χ4v) is 2.63. The third-order valence-electron chi connectivity index (χ3n) is 3.76. The minimum Gasteiger partial charge on any atom is -0.443 e. The molecule has 0 aliphatic rings. The van der Waals surface area contributed by atoms with Crippen molar-refractivity contribution in [1.82, 2.24) is 19.2 Å². The molecular formula is C17H17N5O2. The van der Waals surface area contributed by atoms with E-state index in [2.05, 4.69) is 11.2 Å². The fourth-order valence-electron chi connectivity index (χ4n) is 2.63. The van der Waals surface area contributed by atoms with E-state index in [1.54, 1.807) is 46.7 Å². The van der Waals surface area contributed by atoms with E-state index in [0.29, 0.717) is 23.8 Å². The van der Waals surface area contributed by atoms with E-state index in [-0.39, 0.29) is 11.5 Å². The van der Waals surface area contributed by atoms with Crippen LogP contribution in [0.2, 0.25) is 0 Å². The summed E-state index contributed by atoms with van der Waals surface area (Å²) in [4.78, 5) is 14.4. The molecule has 0 N–H and O–H groups in total. The summed E-state index contributed by atoms with van der Waals surface area (Å²) in [6.07, 6.45) is 7.10. The number of furan rings is 1. The minimum atomic E-state index is -0.255. The lowest BCUT2D eigenvalue weighted by atomic mass is 10.1. The summed E-state index contributed by atoms with van der Waals surface area (Å²) in [5, 5.41) is 13.6. The monoisotopic (exact) mass is 323 g/mol. The van der Waals surface area contributed by atoms with Gasteiger partial charge in [0.15, 0.2) is 0 Å². The van der Waals surface area contributed by atoms with Crippen molar-refractivity contribution in [2.24, 2.45) is 7.05 Å². The number of carbonyl (C=O) groups is 1. The van der Waals surface area contributed by atoms with Gasteiger partial charge in [-0.1, -0.05) is 0 Å². The van der Waals surface area contributed by atoms with Gasteiger partial charge in [-0.25, -0.2) is 0 Å². The largest absolute Gasteiger partial charge is 0.443 e. The Labute approximate surface area is 139 Å². The molecule has 24 heavy (non-hydrogen) atoms. The Morgan fingerprint density at radius 2 is 2.12 bits per heavy atom. The highest BCUT2D eigenvalue weighted by Gasteiger charge is 2.26. The second-order valence-corrected chi connectivity index (χ2v) is 5.60. The molecule has 0 atom stereocenters. The zero-order chi connectivity index (χ0) is 17.3. The van der Waals surface area contributed by atoms with Crippen molar-refractivity contribution in [1.29, 1.82) is 5.26 Å². The van der Waals surface area contributed by atoms with Crippen LogP contribution in [0.25, 0.3) is 5.88 Å². The molecular weight excluding hydrogens is 306 g/mol. The van der Waals surface area contributed by atoms with Gasteiger partial charge in [-0.3, -0.25) is 14.0 Å². The van der Waals surface area contributed by atoms with Crippen LogP contribution < -0.4 is 0 Å². The molecule has 1 amide bonds. The summed E-state index contributed by atoms with van der Waals surface area (Å²) in [6, 6.07) is 5.76. The lowest BCUT2D eigenvalue weighted by Crippen LogP contribution is -2.27. The molecule has 7 nitrogen and oxygen atoms in total. The Morgan fingerprint density at radius 3 is 2.71 bits per heavy atom. The van der Waals surface area contributed by atoms with Crippen LogP contribution >= 0.6 is 0 Å². The van der Waals surface area contributed by atoms with E-state index in [1.807, 2.05) is 25.4 Å². The summed E-state index contributed by atoms with van der Waals surface area (Å²) in [7, 11) is 3.51. The lowest BCUT2D eigenvalue weighted by molar-refractivity contribution is 0.0783. The first-order valence-electron chi connectivity index (χ1n) is 7.41. The lowest BCUT2D eigenvalue weighted by Gasteiger charge is -2.15. The predicted octanol–water partition coefficient (Wildman–Crippen LogP) is 2.26. The van der Waals surface area contributed by atoms with Gasteiger partial charge >= 0.3 is 0 Å². The van der Waals surface area contributed by atoms with Gasteiger partial charge in [0.2, 0.25) is 5.88 Å².